The van der Waals surface area contributed by atoms with Crippen molar-refractivity contribution in [3.05, 3.63) is 35.6 Å². The predicted molar refractivity (Wildman–Crippen MR) is 69.2 cm³/mol. The van der Waals surface area contributed by atoms with E-state index in [-0.39, 0.29) is 24.3 Å². The fraction of sp³-hybridized carbons (Fsp3) is 0.500. The molecule has 3 nitrogen and oxygen atoms in total. The average molecular weight is 253 g/mol. The molecule has 1 atom stereocenters. The van der Waals surface area contributed by atoms with Gasteiger partial charge in [-0.25, -0.2) is 4.39 Å². The smallest absolute Gasteiger partial charge is 0.317 e. The zero-order chi connectivity index (χ0) is 13.7. The van der Waals surface area contributed by atoms with Crippen molar-refractivity contribution in [1.82, 2.24) is 4.90 Å². The van der Waals surface area contributed by atoms with Gasteiger partial charge in [0.15, 0.2) is 0 Å². The summed E-state index contributed by atoms with van der Waals surface area (Å²) in [7, 11) is 0. The van der Waals surface area contributed by atoms with E-state index in [1.807, 2.05) is 25.7 Å². The minimum atomic E-state index is -0.824. The van der Waals surface area contributed by atoms with Gasteiger partial charge in [0.05, 0.1) is 6.54 Å². The van der Waals surface area contributed by atoms with Crippen LogP contribution < -0.4 is 0 Å². The highest BCUT2D eigenvalue weighted by Crippen LogP contribution is 2.18. The van der Waals surface area contributed by atoms with Crippen LogP contribution in [-0.4, -0.2) is 35.1 Å². The Morgan fingerprint density at radius 3 is 2.28 bits per heavy atom. The molecule has 0 aliphatic carbocycles. The van der Waals surface area contributed by atoms with Crippen molar-refractivity contribution in [3.8, 4) is 0 Å². The van der Waals surface area contributed by atoms with Crippen molar-refractivity contribution < 1.29 is 14.3 Å². The van der Waals surface area contributed by atoms with E-state index >= 15 is 0 Å². The van der Waals surface area contributed by atoms with E-state index in [0.717, 1.165) is 5.56 Å². The molecule has 0 radical (unpaired) electrons. The number of carbonyl (C=O) groups is 1. The first-order valence-electron chi connectivity index (χ1n) is 6.11. The molecule has 0 saturated carbocycles. The molecule has 0 saturated heterocycles. The second kappa shape index (κ2) is 6.50. The van der Waals surface area contributed by atoms with Crippen LogP contribution in [0.25, 0.3) is 0 Å². The van der Waals surface area contributed by atoms with Crippen molar-refractivity contribution in [1.29, 1.82) is 0 Å². The number of nitrogens with zero attached hydrogens (tertiary/aromatic N) is 1. The minimum Gasteiger partial charge on any atom is -0.480 e. The number of aliphatic carboxylic acids is 1. The average Bonchev–Trinajstić information content (AvgIpc) is 2.28. The Labute approximate surface area is 107 Å². The highest BCUT2D eigenvalue weighted by atomic mass is 19.1. The van der Waals surface area contributed by atoms with Gasteiger partial charge >= 0.3 is 5.97 Å². The number of hydrogen-bond donors (Lipinski definition) is 1. The van der Waals surface area contributed by atoms with E-state index < -0.39 is 5.97 Å². The summed E-state index contributed by atoms with van der Waals surface area (Å²) in [5.74, 6) is -0.903. The Hall–Kier alpha value is -1.42. The molecule has 0 heterocycles. The summed E-state index contributed by atoms with van der Waals surface area (Å²) in [5.41, 5.74) is 1.02. The van der Waals surface area contributed by atoms with Gasteiger partial charge in [-0.3, -0.25) is 9.69 Å². The first-order chi connectivity index (χ1) is 8.40. The normalized spacial score (nSPS) is 13.0. The molecule has 100 valence electrons. The number of hydrogen-bond acceptors (Lipinski definition) is 2. The Balaban J connectivity index is 2.68. The van der Waals surface area contributed by atoms with Gasteiger partial charge in [0, 0.05) is 12.6 Å². The van der Waals surface area contributed by atoms with Gasteiger partial charge in [-0.15, -0.1) is 0 Å². The molecule has 0 fully saturated rings. The van der Waals surface area contributed by atoms with Gasteiger partial charge in [-0.2, -0.15) is 0 Å². The molecule has 0 bridgehead atoms. The number of carboxylic acid groups (broad SMARTS) is 1. The molecule has 18 heavy (non-hydrogen) atoms. The third-order valence-corrected chi connectivity index (χ3v) is 3.02. The monoisotopic (exact) mass is 253 g/mol. The van der Waals surface area contributed by atoms with Crippen LogP contribution in [-0.2, 0) is 4.79 Å². The Morgan fingerprint density at radius 2 is 1.83 bits per heavy atom. The van der Waals surface area contributed by atoms with Crippen LogP contribution in [0, 0.1) is 5.82 Å². The SMILES string of the molecule is CC(CN(CC(=O)O)C(C)C)c1ccc(F)cc1. The molecule has 1 aromatic carbocycles. The molecular weight excluding hydrogens is 233 g/mol. The van der Waals surface area contributed by atoms with E-state index in [9.17, 15) is 9.18 Å². The minimum absolute atomic E-state index is 0.0310. The summed E-state index contributed by atoms with van der Waals surface area (Å²) in [5, 5.41) is 8.86. The predicted octanol–water partition coefficient (Wildman–Crippen LogP) is 2.72. The molecule has 4 heteroatoms. The van der Waals surface area contributed by atoms with Crippen molar-refractivity contribution in [2.75, 3.05) is 13.1 Å². The molecule has 0 amide bonds. The third kappa shape index (κ3) is 4.45. The van der Waals surface area contributed by atoms with E-state index in [4.69, 9.17) is 5.11 Å². The first kappa shape index (κ1) is 14.6. The molecule has 0 aliphatic rings. The quantitative estimate of drug-likeness (QED) is 0.847. The summed E-state index contributed by atoms with van der Waals surface area (Å²) in [4.78, 5) is 12.7. The van der Waals surface area contributed by atoms with Crippen molar-refractivity contribution >= 4 is 5.97 Å². The maximum absolute atomic E-state index is 12.8. The molecule has 0 aliphatic heterocycles. The van der Waals surface area contributed by atoms with Gasteiger partial charge in [0.1, 0.15) is 5.82 Å². The van der Waals surface area contributed by atoms with Gasteiger partial charge in [-0.1, -0.05) is 19.1 Å². The number of benzene rings is 1. The van der Waals surface area contributed by atoms with Crippen LogP contribution in [0.1, 0.15) is 32.3 Å². The lowest BCUT2D eigenvalue weighted by Gasteiger charge is -2.27. The highest BCUT2D eigenvalue weighted by Gasteiger charge is 2.17. The summed E-state index contributed by atoms with van der Waals surface area (Å²) in [6.07, 6.45) is 0. The lowest BCUT2D eigenvalue weighted by molar-refractivity contribution is -0.138. The number of halogens is 1. The fourth-order valence-corrected chi connectivity index (χ4v) is 1.88. The van der Waals surface area contributed by atoms with Crippen molar-refractivity contribution in [2.45, 2.75) is 32.7 Å². The Bertz CT molecular complexity index is 389. The molecule has 1 rings (SSSR count). The fourth-order valence-electron chi connectivity index (χ4n) is 1.88. The van der Waals surface area contributed by atoms with Crippen LogP contribution >= 0.6 is 0 Å². The second-order valence-electron chi connectivity index (χ2n) is 4.87. The summed E-state index contributed by atoms with van der Waals surface area (Å²) >= 11 is 0. The summed E-state index contributed by atoms with van der Waals surface area (Å²) < 4.78 is 12.8. The zero-order valence-electron chi connectivity index (χ0n) is 11.1. The van der Waals surface area contributed by atoms with Crippen LogP contribution in [0.5, 0.6) is 0 Å². The van der Waals surface area contributed by atoms with Crippen LogP contribution in [0.2, 0.25) is 0 Å². The topological polar surface area (TPSA) is 40.5 Å². The molecule has 0 spiro atoms. The molecule has 0 aromatic heterocycles. The Kier molecular flexibility index (Phi) is 5.28. The molecule has 1 unspecified atom stereocenters. The maximum atomic E-state index is 12.8. The number of carboxylic acids is 1. The lowest BCUT2D eigenvalue weighted by atomic mass is 10.00. The zero-order valence-corrected chi connectivity index (χ0v) is 11.1. The molecular formula is C14H20FNO2. The highest BCUT2D eigenvalue weighted by molar-refractivity contribution is 5.69. The largest absolute Gasteiger partial charge is 0.480 e. The molecule has 1 aromatic rings. The van der Waals surface area contributed by atoms with E-state index in [1.54, 1.807) is 12.1 Å². The van der Waals surface area contributed by atoms with Crippen molar-refractivity contribution in [3.63, 3.8) is 0 Å². The first-order valence-corrected chi connectivity index (χ1v) is 6.11. The van der Waals surface area contributed by atoms with E-state index in [1.165, 1.54) is 12.1 Å². The van der Waals surface area contributed by atoms with Gasteiger partial charge in [-0.05, 0) is 37.5 Å². The Morgan fingerprint density at radius 1 is 1.28 bits per heavy atom. The summed E-state index contributed by atoms with van der Waals surface area (Å²) in [6, 6.07) is 6.54. The van der Waals surface area contributed by atoms with Crippen LogP contribution in [0.15, 0.2) is 24.3 Å². The number of rotatable bonds is 6. The van der Waals surface area contributed by atoms with Crippen LogP contribution in [0.4, 0.5) is 4.39 Å². The van der Waals surface area contributed by atoms with Gasteiger partial charge < -0.3 is 5.11 Å². The molecule has 1 N–H and O–H groups in total. The lowest BCUT2D eigenvalue weighted by Crippen LogP contribution is -2.38. The van der Waals surface area contributed by atoms with Crippen molar-refractivity contribution in [2.24, 2.45) is 0 Å². The second-order valence-corrected chi connectivity index (χ2v) is 4.87. The maximum Gasteiger partial charge on any atom is 0.317 e. The summed E-state index contributed by atoms with van der Waals surface area (Å²) in [6.45, 7) is 6.64. The van der Waals surface area contributed by atoms with Crippen LogP contribution in [0.3, 0.4) is 0 Å². The van der Waals surface area contributed by atoms with Gasteiger partial charge in [0.2, 0.25) is 0 Å². The standard InChI is InChI=1S/C14H20FNO2/c1-10(2)16(9-14(17)18)8-11(3)12-4-6-13(15)7-5-12/h4-7,10-11H,8-9H2,1-3H3,(H,17,18). The van der Waals surface area contributed by atoms with E-state index in [0.29, 0.717) is 6.54 Å². The van der Waals surface area contributed by atoms with Gasteiger partial charge in [0.25, 0.3) is 0 Å². The third-order valence-electron chi connectivity index (χ3n) is 3.02. The van der Waals surface area contributed by atoms with E-state index in [2.05, 4.69) is 0 Å².